The number of carboxylic acids is 1. The van der Waals surface area contributed by atoms with Crippen LogP contribution in [0.1, 0.15) is 10.4 Å². The van der Waals surface area contributed by atoms with Crippen molar-refractivity contribution >= 4 is 92.9 Å². The van der Waals surface area contributed by atoms with Crippen molar-refractivity contribution in [3.05, 3.63) is 89.4 Å². The van der Waals surface area contributed by atoms with Gasteiger partial charge in [-0.05, 0) is 48.5 Å². The van der Waals surface area contributed by atoms with E-state index in [1.807, 2.05) is 29.2 Å². The minimum absolute atomic E-state index is 0. The van der Waals surface area contributed by atoms with Crippen molar-refractivity contribution in [2.45, 2.75) is 4.90 Å². The fourth-order valence-corrected chi connectivity index (χ4v) is 5.64. The molecule has 0 amide bonds. The van der Waals surface area contributed by atoms with E-state index < -0.39 is 16.0 Å². The molecular weight excluding hydrogens is 606 g/mol. The average molecular weight is 632 g/mol. The topological polar surface area (TPSA) is 103 Å². The Morgan fingerprint density at radius 1 is 0.846 bits per heavy atom. The van der Waals surface area contributed by atoms with Gasteiger partial charge in [0.05, 0.1) is 26.7 Å². The molecule has 1 saturated heterocycles. The highest BCUT2D eigenvalue weighted by atomic mass is 35.5. The van der Waals surface area contributed by atoms with Gasteiger partial charge in [-0.2, -0.15) is 0 Å². The van der Waals surface area contributed by atoms with Crippen molar-refractivity contribution < 1.29 is 18.3 Å². The Labute approximate surface area is 250 Å². The maximum atomic E-state index is 12.7. The number of piperazine rings is 1. The number of hydrogen-bond donors (Lipinski definition) is 2. The van der Waals surface area contributed by atoms with E-state index in [1.165, 1.54) is 18.2 Å². The number of sulfonamides is 1. The average Bonchev–Trinajstić information content (AvgIpc) is 2.89. The molecule has 8 nitrogen and oxygen atoms in total. The van der Waals surface area contributed by atoms with Crippen molar-refractivity contribution in [1.29, 1.82) is 0 Å². The third-order valence-corrected chi connectivity index (χ3v) is 7.84. The van der Waals surface area contributed by atoms with Gasteiger partial charge in [-0.1, -0.05) is 41.9 Å². The molecule has 0 atom stereocenters. The van der Waals surface area contributed by atoms with Crippen LogP contribution < -0.4 is 14.5 Å². The molecule has 3 aromatic carbocycles. The van der Waals surface area contributed by atoms with Crippen LogP contribution >= 0.6 is 48.8 Å². The minimum Gasteiger partial charge on any atom is -0.478 e. The number of anilines is 3. The number of fused-ring (bicyclic) bond motifs is 1. The Balaban J connectivity index is 0.00000178. The first-order chi connectivity index (χ1) is 17.3. The van der Waals surface area contributed by atoms with Crippen LogP contribution in [-0.2, 0) is 10.0 Å². The first kappa shape index (κ1) is 32.3. The molecule has 1 aliphatic heterocycles. The van der Waals surface area contributed by atoms with Gasteiger partial charge in [0, 0.05) is 37.3 Å². The number of nitrogens with one attached hydrogen (secondary N) is 1. The summed E-state index contributed by atoms with van der Waals surface area (Å²) in [6, 6.07) is 21.9. The molecule has 1 fully saturated rings. The monoisotopic (exact) mass is 630 g/mol. The van der Waals surface area contributed by atoms with E-state index in [0.717, 1.165) is 5.69 Å². The highest BCUT2D eigenvalue weighted by Crippen LogP contribution is 2.30. The zero-order valence-corrected chi connectivity index (χ0v) is 24.4. The summed E-state index contributed by atoms with van der Waals surface area (Å²) >= 11 is 6.34. The maximum Gasteiger partial charge on any atom is 0.336 e. The Kier molecular flexibility index (Phi) is 11.1. The molecule has 2 heterocycles. The van der Waals surface area contributed by atoms with Gasteiger partial charge in [0.1, 0.15) is 5.82 Å². The molecule has 0 saturated carbocycles. The third-order valence-electron chi connectivity index (χ3n) is 6.13. The summed E-state index contributed by atoms with van der Waals surface area (Å²) in [6.07, 6.45) is 0. The number of hydrogen-bond acceptors (Lipinski definition) is 6. The molecule has 1 aliphatic rings. The van der Waals surface area contributed by atoms with E-state index in [9.17, 15) is 18.3 Å². The molecule has 13 heteroatoms. The molecule has 2 N–H and O–H groups in total. The van der Waals surface area contributed by atoms with Crippen molar-refractivity contribution in [3.8, 4) is 0 Å². The number of carbonyl (C=O) groups is 1. The third kappa shape index (κ3) is 6.98. The number of aromatic carboxylic acids is 1. The lowest BCUT2D eigenvalue weighted by Crippen LogP contribution is -2.47. The predicted octanol–water partition coefficient (Wildman–Crippen LogP) is 5.98. The number of rotatable bonds is 6. The summed E-state index contributed by atoms with van der Waals surface area (Å²) in [4.78, 5) is 21.2. The summed E-state index contributed by atoms with van der Waals surface area (Å²) in [5.74, 6) is -0.544. The highest BCUT2D eigenvalue weighted by Gasteiger charge is 2.22. The molecule has 1 aromatic heterocycles. The fourth-order valence-electron chi connectivity index (χ4n) is 4.31. The second-order valence-electron chi connectivity index (χ2n) is 8.41. The molecule has 39 heavy (non-hydrogen) atoms. The molecule has 0 spiro atoms. The predicted molar refractivity (Wildman–Crippen MR) is 164 cm³/mol. The molecular formula is C26H26Cl4N4O4S. The van der Waals surface area contributed by atoms with Crippen LogP contribution in [0.5, 0.6) is 0 Å². The van der Waals surface area contributed by atoms with Gasteiger partial charge in [-0.25, -0.2) is 18.2 Å². The Morgan fingerprint density at radius 3 is 2.10 bits per heavy atom. The lowest BCUT2D eigenvalue weighted by molar-refractivity contribution is 0.0699. The quantitative estimate of drug-likeness (QED) is 0.270. The van der Waals surface area contributed by atoms with E-state index in [1.54, 1.807) is 36.4 Å². The normalized spacial score (nSPS) is 13.1. The minimum atomic E-state index is -3.81. The Hall–Kier alpha value is -2.95. The Bertz CT molecular complexity index is 1550. The van der Waals surface area contributed by atoms with Crippen molar-refractivity contribution in [3.63, 3.8) is 0 Å². The van der Waals surface area contributed by atoms with E-state index >= 15 is 0 Å². The molecule has 0 unspecified atom stereocenters. The molecule has 5 rings (SSSR count). The zero-order chi connectivity index (χ0) is 25.3. The first-order valence-electron chi connectivity index (χ1n) is 11.3. The number of carboxylic acid groups (broad SMARTS) is 1. The number of nitrogens with zero attached hydrogens (tertiary/aromatic N) is 3. The largest absolute Gasteiger partial charge is 0.478 e. The molecule has 0 radical (unpaired) electrons. The summed E-state index contributed by atoms with van der Waals surface area (Å²) in [7, 11) is -3.81. The van der Waals surface area contributed by atoms with Gasteiger partial charge < -0.3 is 14.9 Å². The van der Waals surface area contributed by atoms with Crippen LogP contribution in [0, 0.1) is 0 Å². The zero-order valence-electron chi connectivity index (χ0n) is 20.4. The highest BCUT2D eigenvalue weighted by molar-refractivity contribution is 7.92. The van der Waals surface area contributed by atoms with Gasteiger partial charge in [0.2, 0.25) is 0 Å². The van der Waals surface area contributed by atoms with Crippen LogP contribution in [0.4, 0.5) is 17.2 Å². The second kappa shape index (κ2) is 13.4. The van der Waals surface area contributed by atoms with Crippen LogP contribution in [0.25, 0.3) is 10.9 Å². The standard InChI is InChI=1S/C26H23ClN4O4S.3ClH/c27-22-8-4-5-9-24(22)30-12-14-31(15-13-30)25-17-21(26(32)33)20-16-18(10-11-23(20)28-25)29-36(34,35)19-6-2-1-3-7-19;;;/h1-11,16-17,29H,12-15H2,(H,32,33);3*1H. The van der Waals surface area contributed by atoms with Crippen LogP contribution in [0.15, 0.2) is 83.8 Å². The van der Waals surface area contributed by atoms with E-state index in [-0.39, 0.29) is 53.4 Å². The number of pyridine rings is 1. The number of halogens is 4. The van der Waals surface area contributed by atoms with Crippen LogP contribution in [0.3, 0.4) is 0 Å². The molecule has 0 aliphatic carbocycles. The van der Waals surface area contributed by atoms with Gasteiger partial charge >= 0.3 is 5.97 Å². The summed E-state index contributed by atoms with van der Waals surface area (Å²) in [6.45, 7) is 2.73. The van der Waals surface area contributed by atoms with Crippen molar-refractivity contribution in [2.24, 2.45) is 0 Å². The van der Waals surface area contributed by atoms with E-state index in [0.29, 0.717) is 47.9 Å². The molecule has 208 valence electrons. The van der Waals surface area contributed by atoms with Gasteiger partial charge in [-0.15, -0.1) is 37.2 Å². The van der Waals surface area contributed by atoms with Gasteiger partial charge in [0.15, 0.2) is 0 Å². The first-order valence-corrected chi connectivity index (χ1v) is 13.2. The van der Waals surface area contributed by atoms with Gasteiger partial charge in [0.25, 0.3) is 10.0 Å². The Morgan fingerprint density at radius 2 is 1.46 bits per heavy atom. The molecule has 0 bridgehead atoms. The molecule has 4 aromatic rings. The second-order valence-corrected chi connectivity index (χ2v) is 10.5. The van der Waals surface area contributed by atoms with Crippen molar-refractivity contribution in [2.75, 3.05) is 40.7 Å². The summed E-state index contributed by atoms with van der Waals surface area (Å²) in [5.41, 5.74) is 1.77. The van der Waals surface area contributed by atoms with Gasteiger partial charge in [-0.3, -0.25) is 4.72 Å². The van der Waals surface area contributed by atoms with E-state index in [4.69, 9.17) is 16.6 Å². The number of para-hydroxylation sites is 1. The number of benzene rings is 3. The van der Waals surface area contributed by atoms with Crippen LogP contribution in [-0.4, -0.2) is 50.7 Å². The fraction of sp³-hybridized carbons (Fsp3) is 0.154. The summed E-state index contributed by atoms with van der Waals surface area (Å²) in [5, 5.41) is 11.0. The van der Waals surface area contributed by atoms with Crippen molar-refractivity contribution in [1.82, 2.24) is 4.98 Å². The van der Waals surface area contributed by atoms with E-state index in [2.05, 4.69) is 9.62 Å². The summed E-state index contributed by atoms with van der Waals surface area (Å²) < 4.78 is 27.9. The lowest BCUT2D eigenvalue weighted by Gasteiger charge is -2.37. The maximum absolute atomic E-state index is 12.7. The SMILES string of the molecule is Cl.Cl.Cl.O=C(O)c1cc(N2CCN(c3ccccc3Cl)CC2)nc2ccc(NS(=O)(=O)c3ccccc3)cc12. The smallest absolute Gasteiger partial charge is 0.336 e. The van der Waals surface area contributed by atoms with Crippen LogP contribution in [0.2, 0.25) is 5.02 Å². The number of aromatic nitrogens is 1. The lowest BCUT2D eigenvalue weighted by atomic mass is 10.1.